The molecule has 0 fully saturated rings. The lowest BCUT2D eigenvalue weighted by Crippen LogP contribution is -2.32. The molecule has 0 aliphatic carbocycles. The minimum Gasteiger partial charge on any atom is -0.495 e. The van der Waals surface area contributed by atoms with Gasteiger partial charge in [0.1, 0.15) is 16.5 Å². The number of ether oxygens (including phenoxy) is 2. The second-order valence-corrected chi connectivity index (χ2v) is 5.88. The van der Waals surface area contributed by atoms with Crippen molar-refractivity contribution in [3.63, 3.8) is 0 Å². The molecule has 3 rings (SSSR count). The number of esters is 1. The van der Waals surface area contributed by atoms with E-state index in [4.69, 9.17) is 16.3 Å². The van der Waals surface area contributed by atoms with E-state index in [1.165, 1.54) is 32.4 Å². The van der Waals surface area contributed by atoms with E-state index >= 15 is 0 Å². The van der Waals surface area contributed by atoms with Gasteiger partial charge in [-0.3, -0.25) is 9.59 Å². The highest BCUT2D eigenvalue weighted by Crippen LogP contribution is 2.33. The van der Waals surface area contributed by atoms with E-state index in [9.17, 15) is 14.4 Å². The first-order valence-electron chi connectivity index (χ1n) is 7.85. The van der Waals surface area contributed by atoms with E-state index < -0.39 is 17.8 Å². The van der Waals surface area contributed by atoms with Crippen LogP contribution in [-0.2, 0) is 14.3 Å². The summed E-state index contributed by atoms with van der Waals surface area (Å²) in [4.78, 5) is 38.0. The van der Waals surface area contributed by atoms with Crippen molar-refractivity contribution < 1.29 is 23.9 Å². The number of methoxy groups -OCH3 is 2. The van der Waals surface area contributed by atoms with Crippen molar-refractivity contribution in [3.8, 4) is 5.75 Å². The third kappa shape index (κ3) is 3.37. The first-order chi connectivity index (χ1) is 13.0. The van der Waals surface area contributed by atoms with Gasteiger partial charge in [0.25, 0.3) is 11.8 Å². The number of hydrogen-bond acceptors (Lipinski definition) is 6. The van der Waals surface area contributed by atoms with Gasteiger partial charge in [-0.05, 0) is 30.3 Å². The molecule has 0 bridgehead atoms. The minimum absolute atomic E-state index is 0.0744. The van der Waals surface area contributed by atoms with Crippen LogP contribution in [0.15, 0.2) is 59.3 Å². The van der Waals surface area contributed by atoms with Gasteiger partial charge in [0.15, 0.2) is 0 Å². The molecule has 0 saturated heterocycles. The van der Waals surface area contributed by atoms with Crippen LogP contribution in [0, 0.1) is 0 Å². The minimum atomic E-state index is -0.693. The third-order valence-corrected chi connectivity index (χ3v) is 4.27. The van der Waals surface area contributed by atoms with Crippen molar-refractivity contribution in [2.75, 3.05) is 24.4 Å². The molecule has 0 unspecified atom stereocenters. The molecule has 1 heterocycles. The molecular weight excluding hydrogens is 372 g/mol. The number of nitrogens with zero attached hydrogens (tertiary/aromatic N) is 1. The Labute approximate surface area is 160 Å². The standard InChI is InChI=1S/C19H15ClN2O5/c1-26-14-9-4-3-8-13(14)21-16-15(20)17(23)22(18(16)24)12-7-5-6-11(10-12)19(25)27-2/h3-10,21H,1-2H3. The summed E-state index contributed by atoms with van der Waals surface area (Å²) in [5.41, 5.74) is 0.829. The zero-order valence-corrected chi connectivity index (χ0v) is 15.2. The lowest BCUT2D eigenvalue weighted by Gasteiger charge is -2.16. The van der Waals surface area contributed by atoms with Gasteiger partial charge in [-0.15, -0.1) is 0 Å². The molecule has 0 radical (unpaired) electrons. The fourth-order valence-corrected chi connectivity index (χ4v) is 2.83. The number of carbonyl (C=O) groups excluding carboxylic acids is 3. The molecular formula is C19H15ClN2O5. The number of carbonyl (C=O) groups is 3. The number of nitrogens with one attached hydrogen (secondary N) is 1. The average Bonchev–Trinajstić information content (AvgIpc) is 2.91. The highest BCUT2D eigenvalue weighted by molar-refractivity contribution is 6.53. The van der Waals surface area contributed by atoms with E-state index in [1.807, 2.05) is 0 Å². The molecule has 1 aliphatic heterocycles. The summed E-state index contributed by atoms with van der Waals surface area (Å²) in [6, 6.07) is 12.9. The highest BCUT2D eigenvalue weighted by Gasteiger charge is 2.39. The van der Waals surface area contributed by atoms with Crippen LogP contribution < -0.4 is 15.0 Å². The second-order valence-electron chi connectivity index (χ2n) is 5.50. The smallest absolute Gasteiger partial charge is 0.337 e. The van der Waals surface area contributed by atoms with Gasteiger partial charge >= 0.3 is 5.97 Å². The molecule has 8 heteroatoms. The molecule has 138 valence electrons. The topological polar surface area (TPSA) is 84.9 Å². The number of para-hydroxylation sites is 2. The van der Waals surface area contributed by atoms with E-state index in [2.05, 4.69) is 10.1 Å². The Kier molecular flexibility index (Phi) is 5.14. The number of amides is 2. The van der Waals surface area contributed by atoms with Crippen molar-refractivity contribution in [2.24, 2.45) is 0 Å². The van der Waals surface area contributed by atoms with Crippen molar-refractivity contribution in [1.82, 2.24) is 0 Å². The number of halogens is 1. The van der Waals surface area contributed by atoms with E-state index in [1.54, 1.807) is 30.3 Å². The predicted molar refractivity (Wildman–Crippen MR) is 99.8 cm³/mol. The second kappa shape index (κ2) is 7.51. The maximum Gasteiger partial charge on any atom is 0.337 e. The van der Waals surface area contributed by atoms with Crippen LogP contribution in [0.5, 0.6) is 5.75 Å². The van der Waals surface area contributed by atoms with Crippen molar-refractivity contribution in [3.05, 3.63) is 64.8 Å². The average molecular weight is 387 g/mol. The van der Waals surface area contributed by atoms with Crippen molar-refractivity contribution in [1.29, 1.82) is 0 Å². The fourth-order valence-electron chi connectivity index (χ4n) is 2.62. The molecule has 1 N–H and O–H groups in total. The molecule has 2 amide bonds. The van der Waals surface area contributed by atoms with Gasteiger partial charge in [-0.1, -0.05) is 29.8 Å². The molecule has 0 saturated carbocycles. The van der Waals surface area contributed by atoms with Gasteiger partial charge < -0.3 is 14.8 Å². The summed E-state index contributed by atoms with van der Waals surface area (Å²) in [5, 5.41) is 2.60. The van der Waals surface area contributed by atoms with Crippen LogP contribution in [-0.4, -0.2) is 32.0 Å². The fraction of sp³-hybridized carbons (Fsp3) is 0.105. The number of rotatable bonds is 5. The summed E-state index contributed by atoms with van der Waals surface area (Å²) in [5.74, 6) is -1.43. The first-order valence-corrected chi connectivity index (χ1v) is 8.22. The molecule has 7 nitrogen and oxygen atoms in total. The van der Waals surface area contributed by atoms with Crippen LogP contribution in [0.3, 0.4) is 0 Å². The molecule has 2 aromatic rings. The van der Waals surface area contributed by atoms with Crippen LogP contribution >= 0.6 is 11.6 Å². The number of hydrogen-bond donors (Lipinski definition) is 1. The Bertz CT molecular complexity index is 970. The van der Waals surface area contributed by atoms with Crippen LogP contribution in [0.2, 0.25) is 0 Å². The Morgan fingerprint density at radius 3 is 2.48 bits per heavy atom. The first kappa shape index (κ1) is 18.5. The molecule has 27 heavy (non-hydrogen) atoms. The summed E-state index contributed by atoms with van der Waals surface area (Å²) in [6.45, 7) is 0. The lowest BCUT2D eigenvalue weighted by molar-refractivity contribution is -0.120. The van der Waals surface area contributed by atoms with Crippen LogP contribution in [0.4, 0.5) is 11.4 Å². The molecule has 0 aromatic heterocycles. The van der Waals surface area contributed by atoms with Crippen LogP contribution in [0.25, 0.3) is 0 Å². The summed E-state index contributed by atoms with van der Waals surface area (Å²) in [6.07, 6.45) is 0. The quantitative estimate of drug-likeness (QED) is 0.628. The number of imide groups is 1. The third-order valence-electron chi connectivity index (χ3n) is 3.92. The molecule has 0 spiro atoms. The number of anilines is 2. The zero-order valence-electron chi connectivity index (χ0n) is 14.5. The predicted octanol–water partition coefficient (Wildman–Crippen LogP) is 2.92. The highest BCUT2D eigenvalue weighted by atomic mass is 35.5. The zero-order chi connectivity index (χ0) is 19.6. The Balaban J connectivity index is 1.94. The SMILES string of the molecule is COC(=O)c1cccc(N2C(=O)C(Cl)=C(Nc3ccccc3OC)C2=O)c1. The van der Waals surface area contributed by atoms with Gasteiger partial charge in [0, 0.05) is 0 Å². The molecule has 2 aromatic carbocycles. The Morgan fingerprint density at radius 1 is 1.04 bits per heavy atom. The van der Waals surface area contributed by atoms with Gasteiger partial charge in [0.2, 0.25) is 0 Å². The van der Waals surface area contributed by atoms with E-state index in [-0.39, 0.29) is 22.0 Å². The maximum atomic E-state index is 12.8. The Morgan fingerprint density at radius 2 is 1.78 bits per heavy atom. The van der Waals surface area contributed by atoms with Gasteiger partial charge in [-0.25, -0.2) is 9.69 Å². The molecule has 0 atom stereocenters. The van der Waals surface area contributed by atoms with Crippen molar-refractivity contribution >= 4 is 40.8 Å². The summed E-state index contributed by atoms with van der Waals surface area (Å²) >= 11 is 6.12. The summed E-state index contributed by atoms with van der Waals surface area (Å²) < 4.78 is 9.89. The van der Waals surface area contributed by atoms with E-state index in [0.29, 0.717) is 11.4 Å². The lowest BCUT2D eigenvalue weighted by atomic mass is 10.2. The maximum absolute atomic E-state index is 12.8. The largest absolute Gasteiger partial charge is 0.495 e. The normalized spacial score (nSPS) is 13.8. The summed E-state index contributed by atoms with van der Waals surface area (Å²) in [7, 11) is 2.73. The van der Waals surface area contributed by atoms with E-state index in [0.717, 1.165) is 4.90 Å². The molecule has 1 aliphatic rings. The number of benzene rings is 2. The van der Waals surface area contributed by atoms with Crippen LogP contribution in [0.1, 0.15) is 10.4 Å². The van der Waals surface area contributed by atoms with Crippen molar-refractivity contribution in [2.45, 2.75) is 0 Å². The Hall–Kier alpha value is -3.32. The van der Waals surface area contributed by atoms with Gasteiger partial charge in [0.05, 0.1) is 31.2 Å². The van der Waals surface area contributed by atoms with Gasteiger partial charge in [-0.2, -0.15) is 0 Å². The monoisotopic (exact) mass is 386 g/mol.